The Morgan fingerprint density at radius 2 is 1.78 bits per heavy atom. The Labute approximate surface area is 218 Å². The lowest BCUT2D eigenvalue weighted by molar-refractivity contribution is -0.118. The van der Waals surface area contributed by atoms with Gasteiger partial charge in [0.1, 0.15) is 11.6 Å². The highest BCUT2D eigenvalue weighted by Crippen LogP contribution is 2.37. The molecule has 3 aromatic rings. The molecule has 0 atom stereocenters. The number of nitrogens with one attached hydrogen (secondary N) is 2. The van der Waals surface area contributed by atoms with Crippen molar-refractivity contribution in [2.24, 2.45) is 0 Å². The zero-order valence-electron chi connectivity index (χ0n) is 20.4. The molecular formula is C28H26BrN3O4. The molecule has 0 saturated carbocycles. The number of halogens is 1. The number of methoxy groups -OCH3 is 1. The maximum Gasteiger partial charge on any atom is 0.266 e. The fraction of sp³-hybridized carbons (Fsp3) is 0.179. The van der Waals surface area contributed by atoms with Crippen molar-refractivity contribution in [3.05, 3.63) is 86.9 Å². The second-order valence-corrected chi connectivity index (χ2v) is 9.04. The fourth-order valence-corrected chi connectivity index (χ4v) is 4.05. The largest absolute Gasteiger partial charge is 0.493 e. The van der Waals surface area contributed by atoms with Crippen molar-refractivity contribution >= 4 is 45.2 Å². The van der Waals surface area contributed by atoms with E-state index in [1.807, 2.05) is 57.2 Å². The second kappa shape index (κ2) is 12.0. The summed E-state index contributed by atoms with van der Waals surface area (Å²) in [4.78, 5) is 25.1. The van der Waals surface area contributed by atoms with E-state index in [1.54, 1.807) is 24.3 Å². The third-order valence-corrected chi connectivity index (χ3v) is 5.80. The molecule has 0 spiro atoms. The van der Waals surface area contributed by atoms with E-state index in [4.69, 9.17) is 9.47 Å². The quantitative estimate of drug-likeness (QED) is 0.268. The first kappa shape index (κ1) is 26.5. The topological polar surface area (TPSA) is 100 Å². The summed E-state index contributed by atoms with van der Waals surface area (Å²) >= 11 is 3.43. The highest BCUT2D eigenvalue weighted by atomic mass is 79.9. The first-order chi connectivity index (χ1) is 17.2. The Morgan fingerprint density at radius 1 is 1.03 bits per heavy atom. The molecule has 0 unspecified atom stereocenters. The van der Waals surface area contributed by atoms with Crippen molar-refractivity contribution < 1.29 is 19.1 Å². The van der Waals surface area contributed by atoms with Gasteiger partial charge >= 0.3 is 0 Å². The fourth-order valence-electron chi connectivity index (χ4n) is 3.48. The van der Waals surface area contributed by atoms with Crippen molar-refractivity contribution in [1.29, 1.82) is 5.26 Å². The first-order valence-corrected chi connectivity index (χ1v) is 11.9. The van der Waals surface area contributed by atoms with Gasteiger partial charge < -0.3 is 20.1 Å². The molecule has 0 heterocycles. The van der Waals surface area contributed by atoms with Crippen LogP contribution >= 0.6 is 15.9 Å². The number of hydrogen-bond acceptors (Lipinski definition) is 5. The van der Waals surface area contributed by atoms with Crippen LogP contribution in [0.3, 0.4) is 0 Å². The molecule has 184 valence electrons. The summed E-state index contributed by atoms with van der Waals surface area (Å²) in [5.41, 5.74) is 4.79. The second-order valence-electron chi connectivity index (χ2n) is 8.18. The summed E-state index contributed by atoms with van der Waals surface area (Å²) in [6.45, 7) is 5.56. The van der Waals surface area contributed by atoms with Gasteiger partial charge in [-0.1, -0.05) is 29.8 Å². The molecule has 0 aliphatic heterocycles. The summed E-state index contributed by atoms with van der Waals surface area (Å²) in [7, 11) is 1.47. The summed E-state index contributed by atoms with van der Waals surface area (Å²) in [5, 5.41) is 15.2. The number of hydrogen-bond donors (Lipinski definition) is 2. The molecule has 7 nitrogen and oxygen atoms in total. The normalized spacial score (nSPS) is 10.8. The van der Waals surface area contributed by atoms with Crippen LogP contribution in [0, 0.1) is 32.1 Å². The van der Waals surface area contributed by atoms with Crippen LogP contribution in [0.5, 0.6) is 11.5 Å². The predicted octanol–water partition coefficient (Wildman–Crippen LogP) is 5.95. The van der Waals surface area contributed by atoms with E-state index in [1.165, 1.54) is 13.2 Å². The van der Waals surface area contributed by atoms with Gasteiger partial charge in [-0.05, 0) is 89.8 Å². The van der Waals surface area contributed by atoms with Crippen LogP contribution in [-0.4, -0.2) is 25.5 Å². The minimum atomic E-state index is -0.521. The zero-order valence-corrected chi connectivity index (χ0v) is 22.0. The smallest absolute Gasteiger partial charge is 0.266 e. The lowest BCUT2D eigenvalue weighted by Crippen LogP contribution is -2.20. The van der Waals surface area contributed by atoms with Gasteiger partial charge in [-0.15, -0.1) is 0 Å². The average molecular weight is 548 g/mol. The van der Waals surface area contributed by atoms with Gasteiger partial charge in [0.05, 0.1) is 11.6 Å². The number of anilines is 2. The molecule has 2 N–H and O–H groups in total. The van der Waals surface area contributed by atoms with Crippen molar-refractivity contribution in [2.75, 3.05) is 24.4 Å². The summed E-state index contributed by atoms with van der Waals surface area (Å²) in [6, 6.07) is 18.4. The van der Waals surface area contributed by atoms with Crippen LogP contribution in [0.4, 0.5) is 11.4 Å². The van der Waals surface area contributed by atoms with Gasteiger partial charge in [-0.25, -0.2) is 0 Å². The van der Waals surface area contributed by atoms with E-state index >= 15 is 0 Å². The van der Waals surface area contributed by atoms with Crippen molar-refractivity contribution in [3.63, 3.8) is 0 Å². The monoisotopic (exact) mass is 547 g/mol. The first-order valence-electron chi connectivity index (χ1n) is 11.1. The van der Waals surface area contributed by atoms with Gasteiger partial charge in [-0.3, -0.25) is 9.59 Å². The van der Waals surface area contributed by atoms with Crippen molar-refractivity contribution in [3.8, 4) is 17.6 Å². The average Bonchev–Trinajstić information content (AvgIpc) is 2.83. The predicted molar refractivity (Wildman–Crippen MR) is 144 cm³/mol. The molecule has 3 aromatic carbocycles. The minimum absolute atomic E-state index is 0.0740. The molecule has 3 rings (SSSR count). The van der Waals surface area contributed by atoms with Crippen molar-refractivity contribution in [1.82, 2.24) is 0 Å². The Balaban J connectivity index is 1.75. The van der Waals surface area contributed by atoms with Gasteiger partial charge in [0.15, 0.2) is 18.1 Å². The molecular weight excluding hydrogens is 522 g/mol. The maximum absolute atomic E-state index is 12.7. The molecule has 0 aliphatic carbocycles. The summed E-state index contributed by atoms with van der Waals surface area (Å²) < 4.78 is 11.6. The standard InChI is InChI=1S/C28H26BrN3O4/c1-17-6-5-7-22(11-17)31-26(33)16-36-27-23(29)13-20(14-25(27)35-4)12-21(15-30)28(34)32-24-9-8-18(2)10-19(24)3/h5-14H,16H2,1-4H3,(H,31,33)(H,32,34)/b21-12+. The third kappa shape index (κ3) is 6.96. The van der Waals surface area contributed by atoms with E-state index in [-0.39, 0.29) is 18.1 Å². The molecule has 0 fully saturated rings. The number of nitrogens with zero attached hydrogens (tertiary/aromatic N) is 1. The van der Waals surface area contributed by atoms with Crippen LogP contribution in [0.25, 0.3) is 6.08 Å². The Hall–Kier alpha value is -4.09. The summed E-state index contributed by atoms with van der Waals surface area (Å²) in [5.74, 6) is -0.181. The minimum Gasteiger partial charge on any atom is -0.493 e. The molecule has 0 saturated heterocycles. The number of carbonyl (C=O) groups excluding carboxylic acids is 2. The number of amides is 2. The van der Waals surface area contributed by atoms with Crippen LogP contribution in [0.2, 0.25) is 0 Å². The van der Waals surface area contributed by atoms with Crippen molar-refractivity contribution in [2.45, 2.75) is 20.8 Å². The number of nitriles is 1. The van der Waals surface area contributed by atoms with E-state index in [0.29, 0.717) is 32.9 Å². The van der Waals surface area contributed by atoms with Crippen LogP contribution in [0.1, 0.15) is 22.3 Å². The van der Waals surface area contributed by atoms with E-state index in [9.17, 15) is 14.9 Å². The SMILES string of the molecule is COc1cc(/C=C(\C#N)C(=O)Nc2ccc(C)cc2C)cc(Br)c1OCC(=O)Nc1cccc(C)c1. The number of benzene rings is 3. The van der Waals surface area contributed by atoms with E-state index < -0.39 is 5.91 Å². The number of aryl methyl sites for hydroxylation is 3. The molecule has 0 radical (unpaired) electrons. The van der Waals surface area contributed by atoms with Gasteiger partial charge in [0, 0.05) is 11.4 Å². The van der Waals surface area contributed by atoms with Crippen LogP contribution in [0.15, 0.2) is 64.6 Å². The molecule has 0 bridgehead atoms. The molecule has 36 heavy (non-hydrogen) atoms. The highest BCUT2D eigenvalue weighted by molar-refractivity contribution is 9.10. The molecule has 8 heteroatoms. The highest BCUT2D eigenvalue weighted by Gasteiger charge is 2.16. The molecule has 2 amide bonds. The van der Waals surface area contributed by atoms with Gasteiger partial charge in [0.2, 0.25) is 0 Å². The Morgan fingerprint density at radius 3 is 2.44 bits per heavy atom. The Kier molecular flexibility index (Phi) is 8.87. The third-order valence-electron chi connectivity index (χ3n) is 5.21. The van der Waals surface area contributed by atoms with E-state index in [0.717, 1.165) is 16.7 Å². The van der Waals surface area contributed by atoms with Gasteiger partial charge in [-0.2, -0.15) is 5.26 Å². The number of rotatable bonds is 8. The number of carbonyl (C=O) groups is 2. The van der Waals surface area contributed by atoms with E-state index in [2.05, 4.69) is 26.6 Å². The Bertz CT molecular complexity index is 1380. The van der Waals surface area contributed by atoms with Crippen LogP contribution in [-0.2, 0) is 9.59 Å². The number of ether oxygens (including phenoxy) is 2. The lowest BCUT2D eigenvalue weighted by atomic mass is 10.1. The van der Waals surface area contributed by atoms with Crippen LogP contribution < -0.4 is 20.1 Å². The van der Waals surface area contributed by atoms with Gasteiger partial charge in [0.25, 0.3) is 11.8 Å². The maximum atomic E-state index is 12.7. The zero-order chi connectivity index (χ0) is 26.2. The lowest BCUT2D eigenvalue weighted by Gasteiger charge is -2.14. The summed E-state index contributed by atoms with van der Waals surface area (Å²) in [6.07, 6.45) is 1.46. The molecule has 0 aromatic heterocycles. The molecule has 0 aliphatic rings.